The van der Waals surface area contributed by atoms with Crippen LogP contribution in [0.3, 0.4) is 0 Å². The molecule has 0 aromatic heterocycles. The van der Waals surface area contributed by atoms with Crippen molar-refractivity contribution in [3.63, 3.8) is 0 Å². The van der Waals surface area contributed by atoms with E-state index in [1.807, 2.05) is 32.9 Å². The molecule has 8 heteroatoms. The first kappa shape index (κ1) is 39.0. The Labute approximate surface area is 315 Å². The standard InChI is InChI=1S/C45H60O8/c1-27(2)31-22-29-12-14-37-42(5,34(29)24-33(31)39(47)48)16-9-18-44(37,7)40(49)51-20-11-21-52-41(50)45(8)19-10-17-43(6)35-25-36(53-26-46)32(28(3)4)23-30(35)13-15-38(43)45/h22-28,37-38H,9-21H2,1-8H3,(H,47,48). The molecular weight excluding hydrogens is 668 g/mol. The van der Waals surface area contributed by atoms with Crippen LogP contribution in [0.4, 0.5) is 0 Å². The van der Waals surface area contributed by atoms with Crippen molar-refractivity contribution in [2.24, 2.45) is 22.7 Å². The second kappa shape index (κ2) is 14.5. The fraction of sp³-hybridized carbons (Fsp3) is 0.644. The molecule has 0 aliphatic heterocycles. The van der Waals surface area contributed by atoms with Crippen LogP contribution in [0.5, 0.6) is 5.75 Å². The molecule has 53 heavy (non-hydrogen) atoms. The summed E-state index contributed by atoms with van der Waals surface area (Å²) in [7, 11) is 0. The van der Waals surface area contributed by atoms with Crippen LogP contribution in [0, 0.1) is 22.7 Å². The number of carboxylic acid groups (broad SMARTS) is 1. The number of rotatable bonds is 11. The molecule has 6 unspecified atom stereocenters. The molecule has 0 amide bonds. The second-order valence-electron chi connectivity index (χ2n) is 18.2. The van der Waals surface area contributed by atoms with Crippen molar-refractivity contribution in [1.29, 1.82) is 0 Å². The van der Waals surface area contributed by atoms with E-state index >= 15 is 0 Å². The van der Waals surface area contributed by atoms with Crippen molar-refractivity contribution < 1.29 is 38.5 Å². The van der Waals surface area contributed by atoms with Crippen LogP contribution in [0.25, 0.3) is 0 Å². The molecule has 8 nitrogen and oxygen atoms in total. The third-order valence-corrected chi connectivity index (χ3v) is 14.3. The maximum absolute atomic E-state index is 13.9. The van der Waals surface area contributed by atoms with E-state index in [0.29, 0.717) is 24.2 Å². The van der Waals surface area contributed by atoms with E-state index in [4.69, 9.17) is 14.2 Å². The first-order chi connectivity index (χ1) is 25.0. The van der Waals surface area contributed by atoms with Gasteiger partial charge in [-0.05, 0) is 145 Å². The molecule has 2 aromatic rings. The number of fused-ring (bicyclic) bond motifs is 6. The van der Waals surface area contributed by atoms with E-state index in [-0.39, 0.29) is 59.7 Å². The molecule has 2 aromatic carbocycles. The van der Waals surface area contributed by atoms with Crippen molar-refractivity contribution in [3.8, 4) is 5.75 Å². The highest BCUT2D eigenvalue weighted by atomic mass is 16.5. The lowest BCUT2D eigenvalue weighted by Gasteiger charge is -2.54. The molecular formula is C45H60O8. The normalized spacial score (nSPS) is 30.4. The minimum atomic E-state index is -0.906. The van der Waals surface area contributed by atoms with Gasteiger partial charge in [-0.1, -0.05) is 66.5 Å². The van der Waals surface area contributed by atoms with E-state index in [1.165, 1.54) is 16.7 Å². The molecule has 2 saturated carbocycles. The Morgan fingerprint density at radius 2 is 1.21 bits per heavy atom. The van der Waals surface area contributed by atoms with Crippen molar-refractivity contribution in [2.75, 3.05) is 13.2 Å². The average molecular weight is 729 g/mol. The number of aromatic carboxylic acids is 1. The van der Waals surface area contributed by atoms with Crippen LogP contribution in [0.15, 0.2) is 24.3 Å². The predicted octanol–water partition coefficient (Wildman–Crippen LogP) is 9.36. The Hall–Kier alpha value is -3.68. The van der Waals surface area contributed by atoms with Crippen LogP contribution >= 0.6 is 0 Å². The zero-order valence-corrected chi connectivity index (χ0v) is 33.2. The molecule has 0 saturated heterocycles. The topological polar surface area (TPSA) is 116 Å². The van der Waals surface area contributed by atoms with E-state index in [0.717, 1.165) is 80.9 Å². The summed E-state index contributed by atoms with van der Waals surface area (Å²) in [5.74, 6) is -0.264. The number of aryl methyl sites for hydroxylation is 2. The van der Waals surface area contributed by atoms with Crippen LogP contribution < -0.4 is 4.74 Å². The zero-order chi connectivity index (χ0) is 38.5. The highest BCUT2D eigenvalue weighted by molar-refractivity contribution is 5.90. The van der Waals surface area contributed by atoms with Crippen LogP contribution in [0.2, 0.25) is 0 Å². The molecule has 1 N–H and O–H groups in total. The van der Waals surface area contributed by atoms with Gasteiger partial charge in [0.25, 0.3) is 6.47 Å². The van der Waals surface area contributed by atoms with Gasteiger partial charge in [-0.15, -0.1) is 0 Å². The third kappa shape index (κ3) is 6.60. The van der Waals surface area contributed by atoms with E-state index in [2.05, 4.69) is 46.8 Å². The lowest BCUT2D eigenvalue weighted by molar-refractivity contribution is -0.167. The minimum Gasteiger partial charge on any atom is -0.478 e. The average Bonchev–Trinajstić information content (AvgIpc) is 3.10. The minimum absolute atomic E-state index is 0.0346. The van der Waals surface area contributed by atoms with E-state index in [1.54, 1.807) is 0 Å². The third-order valence-electron chi connectivity index (χ3n) is 14.3. The lowest BCUT2D eigenvalue weighted by Crippen LogP contribution is -2.53. The van der Waals surface area contributed by atoms with Crippen LogP contribution in [-0.4, -0.2) is 42.7 Å². The number of carbonyl (C=O) groups is 4. The number of esters is 2. The summed E-state index contributed by atoms with van der Waals surface area (Å²) in [4.78, 5) is 51.5. The zero-order valence-electron chi connectivity index (χ0n) is 33.2. The summed E-state index contributed by atoms with van der Waals surface area (Å²) in [6.07, 6.45) is 8.93. The second-order valence-corrected chi connectivity index (χ2v) is 18.2. The van der Waals surface area contributed by atoms with Gasteiger partial charge in [-0.2, -0.15) is 0 Å². The molecule has 0 spiro atoms. The number of benzene rings is 2. The Kier molecular flexibility index (Phi) is 10.7. The number of ether oxygens (including phenoxy) is 3. The van der Waals surface area contributed by atoms with E-state index in [9.17, 15) is 24.3 Å². The number of carboxylic acids is 1. The highest BCUT2D eigenvalue weighted by Crippen LogP contribution is 2.60. The van der Waals surface area contributed by atoms with Gasteiger partial charge in [-0.25, -0.2) is 4.79 Å². The summed E-state index contributed by atoms with van der Waals surface area (Å²) >= 11 is 0. The Bertz CT molecular complexity index is 1780. The molecule has 6 rings (SSSR count). The SMILES string of the molecule is CC(C)c1cc2c(cc1OC=O)C1(C)CCCC(C)(C(=O)OCCCOC(=O)C3(C)CCCC4(C)c5cc(C(=O)O)c(C(C)C)cc5CCC34)C1CC2. The maximum atomic E-state index is 13.9. The smallest absolute Gasteiger partial charge is 0.335 e. The summed E-state index contributed by atoms with van der Waals surface area (Å²) in [6.45, 7) is 17.7. The fourth-order valence-corrected chi connectivity index (χ4v) is 11.5. The highest BCUT2D eigenvalue weighted by Gasteiger charge is 2.57. The molecule has 6 atom stereocenters. The Morgan fingerprint density at radius 1 is 0.736 bits per heavy atom. The fourth-order valence-electron chi connectivity index (χ4n) is 11.5. The van der Waals surface area contributed by atoms with Gasteiger partial charge in [0.2, 0.25) is 0 Å². The Balaban J connectivity index is 1.09. The molecule has 4 aliphatic carbocycles. The summed E-state index contributed by atoms with van der Waals surface area (Å²) < 4.78 is 17.4. The molecule has 288 valence electrons. The monoisotopic (exact) mass is 728 g/mol. The molecule has 0 heterocycles. The lowest BCUT2D eigenvalue weighted by atomic mass is 9.49. The summed E-state index contributed by atoms with van der Waals surface area (Å²) in [6, 6.07) is 8.24. The van der Waals surface area contributed by atoms with Gasteiger partial charge in [-0.3, -0.25) is 14.4 Å². The van der Waals surface area contributed by atoms with E-state index < -0.39 is 16.8 Å². The molecule has 4 aliphatic rings. The summed E-state index contributed by atoms with van der Waals surface area (Å²) in [5, 5.41) is 10.1. The van der Waals surface area contributed by atoms with Gasteiger partial charge in [0.1, 0.15) is 5.75 Å². The molecule has 2 fully saturated rings. The van der Waals surface area contributed by atoms with Gasteiger partial charge in [0, 0.05) is 6.42 Å². The van der Waals surface area contributed by atoms with Gasteiger partial charge < -0.3 is 19.3 Å². The van der Waals surface area contributed by atoms with Crippen LogP contribution in [-0.2, 0) is 47.5 Å². The predicted molar refractivity (Wildman–Crippen MR) is 203 cm³/mol. The largest absolute Gasteiger partial charge is 0.478 e. The molecule has 0 radical (unpaired) electrons. The van der Waals surface area contributed by atoms with Gasteiger partial charge in [0.15, 0.2) is 0 Å². The Morgan fingerprint density at radius 3 is 1.66 bits per heavy atom. The number of hydrogen-bond acceptors (Lipinski definition) is 7. The number of hydrogen-bond donors (Lipinski definition) is 1. The van der Waals surface area contributed by atoms with Gasteiger partial charge >= 0.3 is 17.9 Å². The molecule has 0 bridgehead atoms. The van der Waals surface area contributed by atoms with Gasteiger partial charge in [0.05, 0.1) is 29.6 Å². The number of carbonyl (C=O) groups excluding carboxylic acids is 3. The first-order valence-corrected chi connectivity index (χ1v) is 20.0. The van der Waals surface area contributed by atoms with Crippen LogP contribution in [0.1, 0.15) is 169 Å². The first-order valence-electron chi connectivity index (χ1n) is 20.0. The van der Waals surface area contributed by atoms with Crippen molar-refractivity contribution >= 4 is 24.4 Å². The van der Waals surface area contributed by atoms with Crippen molar-refractivity contribution in [2.45, 2.75) is 149 Å². The van der Waals surface area contributed by atoms with Crippen molar-refractivity contribution in [1.82, 2.24) is 0 Å². The quantitative estimate of drug-likeness (QED) is 0.138. The van der Waals surface area contributed by atoms with Crippen molar-refractivity contribution in [3.05, 3.63) is 63.2 Å². The maximum Gasteiger partial charge on any atom is 0.335 e. The summed E-state index contributed by atoms with van der Waals surface area (Å²) in [5.41, 5.74) is 5.08.